The third kappa shape index (κ3) is 2.19. The van der Waals surface area contributed by atoms with Crippen LogP contribution in [0.4, 0.5) is 0 Å². The van der Waals surface area contributed by atoms with Gasteiger partial charge in [-0.05, 0) is 12.8 Å². The Hall–Kier alpha value is -1.32. The van der Waals surface area contributed by atoms with Crippen LogP contribution in [0.15, 0.2) is 6.20 Å². The van der Waals surface area contributed by atoms with E-state index in [2.05, 4.69) is 23.4 Å². The first kappa shape index (κ1) is 10.2. The van der Waals surface area contributed by atoms with Crippen molar-refractivity contribution in [1.82, 2.24) is 9.55 Å². The van der Waals surface area contributed by atoms with Crippen molar-refractivity contribution in [2.75, 3.05) is 0 Å². The maximum absolute atomic E-state index is 10.6. The summed E-state index contributed by atoms with van der Waals surface area (Å²) >= 11 is 0. The van der Waals surface area contributed by atoms with Crippen molar-refractivity contribution in [3.63, 3.8) is 0 Å². The molecule has 0 spiro atoms. The first-order chi connectivity index (χ1) is 7.08. The highest BCUT2D eigenvalue weighted by Crippen LogP contribution is 2.37. The summed E-state index contributed by atoms with van der Waals surface area (Å²) < 4.78 is 2.16. The number of aromatic nitrogens is 2. The summed E-state index contributed by atoms with van der Waals surface area (Å²) in [5, 5.41) is 8.71. The third-order valence-corrected chi connectivity index (χ3v) is 2.60. The molecule has 0 amide bonds. The molecule has 82 valence electrons. The fraction of sp³-hybridized carbons (Fsp3) is 0.636. The van der Waals surface area contributed by atoms with Crippen molar-refractivity contribution < 1.29 is 9.90 Å². The molecule has 0 atom stereocenters. The van der Waals surface area contributed by atoms with Crippen LogP contribution in [0, 0.1) is 0 Å². The molecule has 15 heavy (non-hydrogen) atoms. The van der Waals surface area contributed by atoms with Crippen LogP contribution in [0.1, 0.15) is 50.2 Å². The molecule has 1 N–H and O–H groups in total. The fourth-order valence-corrected chi connectivity index (χ4v) is 1.77. The van der Waals surface area contributed by atoms with Crippen LogP contribution >= 0.6 is 0 Å². The van der Waals surface area contributed by atoms with E-state index in [1.54, 1.807) is 0 Å². The highest BCUT2D eigenvalue weighted by atomic mass is 16.4. The van der Waals surface area contributed by atoms with Gasteiger partial charge in [-0.15, -0.1) is 0 Å². The van der Waals surface area contributed by atoms with E-state index >= 15 is 0 Å². The molecular formula is C11H16N2O2. The largest absolute Gasteiger partial charge is 0.481 e. The molecule has 1 aliphatic rings. The number of hydrogen-bond acceptors (Lipinski definition) is 2. The van der Waals surface area contributed by atoms with Crippen molar-refractivity contribution in [3.05, 3.63) is 17.7 Å². The van der Waals surface area contributed by atoms with Crippen LogP contribution in [0.25, 0.3) is 0 Å². The number of aliphatic carboxylic acids is 1. The minimum Gasteiger partial charge on any atom is -0.481 e. The summed E-state index contributed by atoms with van der Waals surface area (Å²) in [6.45, 7) is 4.18. The molecule has 0 aromatic carbocycles. The van der Waals surface area contributed by atoms with Gasteiger partial charge in [0.1, 0.15) is 5.82 Å². The van der Waals surface area contributed by atoms with E-state index in [1.165, 1.54) is 12.8 Å². The van der Waals surface area contributed by atoms with Crippen molar-refractivity contribution in [2.24, 2.45) is 0 Å². The molecule has 4 nitrogen and oxygen atoms in total. The first-order valence-corrected chi connectivity index (χ1v) is 5.37. The second-order valence-electron chi connectivity index (χ2n) is 4.45. The first-order valence-electron chi connectivity index (χ1n) is 5.37. The lowest BCUT2D eigenvalue weighted by atomic mass is 10.2. The summed E-state index contributed by atoms with van der Waals surface area (Å²) in [6, 6.07) is 0.567. The molecular weight excluding hydrogens is 192 g/mol. The summed E-state index contributed by atoms with van der Waals surface area (Å²) in [5.74, 6) is 0.563. The van der Waals surface area contributed by atoms with Gasteiger partial charge in [-0.25, -0.2) is 4.98 Å². The fourth-order valence-electron chi connectivity index (χ4n) is 1.77. The van der Waals surface area contributed by atoms with Gasteiger partial charge in [0.05, 0.1) is 12.1 Å². The van der Waals surface area contributed by atoms with Crippen molar-refractivity contribution in [3.8, 4) is 0 Å². The van der Waals surface area contributed by atoms with Crippen LogP contribution in [-0.2, 0) is 11.2 Å². The van der Waals surface area contributed by atoms with Gasteiger partial charge in [0.15, 0.2) is 0 Å². The molecule has 2 rings (SSSR count). The van der Waals surface area contributed by atoms with E-state index < -0.39 is 5.97 Å². The zero-order valence-electron chi connectivity index (χ0n) is 9.10. The number of nitrogens with zero attached hydrogens (tertiary/aromatic N) is 2. The Bertz CT molecular complexity index is 358. The molecule has 1 fully saturated rings. The molecule has 1 aliphatic carbocycles. The average molecular weight is 208 g/mol. The summed E-state index contributed by atoms with van der Waals surface area (Å²) in [6.07, 6.45) is 4.33. The molecule has 0 bridgehead atoms. The summed E-state index contributed by atoms with van der Waals surface area (Å²) in [4.78, 5) is 15.0. The zero-order valence-corrected chi connectivity index (χ0v) is 9.10. The zero-order chi connectivity index (χ0) is 11.0. The monoisotopic (exact) mass is 208 g/mol. The lowest BCUT2D eigenvalue weighted by Crippen LogP contribution is -2.02. The minimum atomic E-state index is -0.814. The van der Waals surface area contributed by atoms with E-state index in [1.807, 2.05) is 6.20 Å². The van der Waals surface area contributed by atoms with E-state index in [-0.39, 0.29) is 6.42 Å². The van der Waals surface area contributed by atoms with Gasteiger partial charge in [-0.2, -0.15) is 0 Å². The van der Waals surface area contributed by atoms with Gasteiger partial charge in [0.2, 0.25) is 0 Å². The highest BCUT2D eigenvalue weighted by Gasteiger charge is 2.27. The number of rotatable bonds is 4. The quantitative estimate of drug-likeness (QED) is 0.823. The van der Waals surface area contributed by atoms with Gasteiger partial charge in [0, 0.05) is 18.2 Å². The van der Waals surface area contributed by atoms with Crippen LogP contribution in [-0.4, -0.2) is 20.6 Å². The average Bonchev–Trinajstić information content (AvgIpc) is 2.87. The Balaban J connectivity index is 2.26. The number of carboxylic acids is 1. The van der Waals surface area contributed by atoms with Crippen LogP contribution in [0.3, 0.4) is 0 Å². The second kappa shape index (κ2) is 3.68. The lowest BCUT2D eigenvalue weighted by Gasteiger charge is -2.07. The molecule has 1 heterocycles. The summed E-state index contributed by atoms with van der Waals surface area (Å²) in [5.41, 5.74) is 0.679. The normalized spacial score (nSPS) is 15.9. The maximum Gasteiger partial charge on any atom is 0.309 e. The topological polar surface area (TPSA) is 55.1 Å². The molecule has 1 aromatic heterocycles. The van der Waals surface area contributed by atoms with E-state index in [0.717, 1.165) is 5.82 Å². The second-order valence-corrected chi connectivity index (χ2v) is 4.45. The van der Waals surface area contributed by atoms with Gasteiger partial charge >= 0.3 is 5.97 Å². The Morgan fingerprint density at radius 3 is 2.80 bits per heavy atom. The van der Waals surface area contributed by atoms with Crippen molar-refractivity contribution in [1.29, 1.82) is 0 Å². The van der Waals surface area contributed by atoms with Crippen molar-refractivity contribution >= 4 is 5.97 Å². The number of hydrogen-bond donors (Lipinski definition) is 1. The van der Waals surface area contributed by atoms with Gasteiger partial charge in [-0.1, -0.05) is 13.8 Å². The Kier molecular flexibility index (Phi) is 2.50. The van der Waals surface area contributed by atoms with E-state index in [0.29, 0.717) is 17.7 Å². The van der Waals surface area contributed by atoms with Gasteiger partial charge < -0.3 is 9.67 Å². The van der Waals surface area contributed by atoms with Crippen molar-refractivity contribution in [2.45, 2.75) is 45.1 Å². The Morgan fingerprint density at radius 2 is 2.33 bits per heavy atom. The molecule has 1 aromatic rings. The maximum atomic E-state index is 10.6. The van der Waals surface area contributed by atoms with Crippen LogP contribution < -0.4 is 0 Å². The predicted molar refractivity (Wildman–Crippen MR) is 55.9 cm³/mol. The molecule has 0 unspecified atom stereocenters. The Morgan fingerprint density at radius 1 is 1.67 bits per heavy atom. The summed E-state index contributed by atoms with van der Waals surface area (Å²) in [7, 11) is 0. The number of imidazole rings is 1. The molecule has 0 radical (unpaired) electrons. The molecule has 1 saturated carbocycles. The van der Waals surface area contributed by atoms with Gasteiger partial charge in [0.25, 0.3) is 0 Å². The molecule has 0 saturated heterocycles. The highest BCUT2D eigenvalue weighted by molar-refractivity contribution is 5.69. The molecule has 4 heteroatoms. The van der Waals surface area contributed by atoms with Crippen LogP contribution in [0.5, 0.6) is 0 Å². The number of carboxylic acid groups (broad SMARTS) is 1. The van der Waals surface area contributed by atoms with E-state index in [9.17, 15) is 4.79 Å². The standard InChI is InChI=1S/C11H16N2O2/c1-7(2)11-12-8(5-10(14)15)6-13(11)9-3-4-9/h6-7,9H,3-5H2,1-2H3,(H,14,15). The van der Waals surface area contributed by atoms with Gasteiger partial charge in [-0.3, -0.25) is 4.79 Å². The Labute approximate surface area is 88.9 Å². The van der Waals surface area contributed by atoms with E-state index in [4.69, 9.17) is 5.11 Å². The minimum absolute atomic E-state index is 0.0272. The third-order valence-electron chi connectivity index (χ3n) is 2.60. The lowest BCUT2D eigenvalue weighted by molar-refractivity contribution is -0.136. The SMILES string of the molecule is CC(C)c1nc(CC(=O)O)cn1C1CC1. The number of carbonyl (C=O) groups is 1. The predicted octanol–water partition coefficient (Wildman–Crippen LogP) is 1.97. The van der Waals surface area contributed by atoms with Crippen LogP contribution in [0.2, 0.25) is 0 Å². The smallest absolute Gasteiger partial charge is 0.309 e. The molecule has 0 aliphatic heterocycles.